The molecule has 2 aliphatic heterocycles. The van der Waals surface area contributed by atoms with Crippen molar-refractivity contribution in [2.45, 2.75) is 31.8 Å². The Morgan fingerprint density at radius 2 is 2.19 bits per heavy atom. The van der Waals surface area contributed by atoms with Crippen molar-refractivity contribution in [2.75, 3.05) is 33.3 Å². The molecule has 7 heteroatoms. The van der Waals surface area contributed by atoms with E-state index in [2.05, 4.69) is 15.2 Å². The Kier molecular flexibility index (Phi) is 5.36. The molecule has 3 heterocycles. The van der Waals surface area contributed by atoms with E-state index in [1.807, 2.05) is 35.2 Å². The van der Waals surface area contributed by atoms with Crippen LogP contribution >= 0.6 is 0 Å². The number of aromatic nitrogens is 1. The Bertz CT molecular complexity index is 1010. The Morgan fingerprint density at radius 3 is 2.94 bits per heavy atom. The van der Waals surface area contributed by atoms with E-state index in [9.17, 15) is 9.59 Å². The van der Waals surface area contributed by atoms with Gasteiger partial charge in [-0.1, -0.05) is 6.07 Å². The van der Waals surface area contributed by atoms with Crippen molar-refractivity contribution in [3.8, 4) is 17.0 Å². The third-order valence-corrected chi connectivity index (χ3v) is 6.75. The van der Waals surface area contributed by atoms with Gasteiger partial charge in [-0.25, -0.2) is 0 Å². The van der Waals surface area contributed by atoms with E-state index in [0.29, 0.717) is 48.6 Å². The van der Waals surface area contributed by atoms with Gasteiger partial charge in [0, 0.05) is 44.0 Å². The Labute approximate surface area is 182 Å². The Balaban J connectivity index is 1.46. The van der Waals surface area contributed by atoms with Crippen molar-refractivity contribution in [2.24, 2.45) is 5.92 Å². The zero-order valence-corrected chi connectivity index (χ0v) is 17.8. The number of ether oxygens (including phenoxy) is 1. The number of hydrogen-bond acceptors (Lipinski definition) is 5. The summed E-state index contributed by atoms with van der Waals surface area (Å²) in [5.41, 5.74) is 3.16. The number of amides is 2. The molecular weight excluding hydrogens is 392 g/mol. The molecule has 2 atom stereocenters. The Morgan fingerprint density at radius 1 is 1.29 bits per heavy atom. The molecule has 5 rings (SSSR count). The number of likely N-dealkylation sites (tertiary alicyclic amines) is 1. The van der Waals surface area contributed by atoms with E-state index in [1.165, 1.54) is 6.42 Å². The molecule has 0 spiro atoms. The summed E-state index contributed by atoms with van der Waals surface area (Å²) in [5.74, 6) is 1.46. The first-order valence-electron chi connectivity index (χ1n) is 11.0. The second-order valence-corrected chi connectivity index (χ2v) is 8.79. The second-order valence-electron chi connectivity index (χ2n) is 8.79. The van der Waals surface area contributed by atoms with E-state index in [4.69, 9.17) is 4.74 Å². The lowest BCUT2D eigenvalue weighted by molar-refractivity contribution is -0.124. The molecule has 7 nitrogen and oxygen atoms in total. The smallest absolute Gasteiger partial charge is 0.256 e. The van der Waals surface area contributed by atoms with Crippen LogP contribution in [0.4, 0.5) is 0 Å². The fourth-order valence-electron chi connectivity index (χ4n) is 5.24. The van der Waals surface area contributed by atoms with Gasteiger partial charge in [0.25, 0.3) is 5.91 Å². The molecule has 0 unspecified atom stereocenters. The van der Waals surface area contributed by atoms with Crippen molar-refractivity contribution >= 4 is 11.8 Å². The second kappa shape index (κ2) is 8.30. The van der Waals surface area contributed by atoms with E-state index in [1.54, 1.807) is 13.3 Å². The Hall–Kier alpha value is -2.93. The summed E-state index contributed by atoms with van der Waals surface area (Å²) < 4.78 is 5.63. The number of carbonyl (C=O) groups excluding carboxylic acids is 2. The van der Waals surface area contributed by atoms with Gasteiger partial charge < -0.3 is 15.0 Å². The summed E-state index contributed by atoms with van der Waals surface area (Å²) >= 11 is 0. The van der Waals surface area contributed by atoms with Crippen molar-refractivity contribution < 1.29 is 14.3 Å². The molecule has 31 heavy (non-hydrogen) atoms. The van der Waals surface area contributed by atoms with Crippen molar-refractivity contribution in [1.29, 1.82) is 0 Å². The lowest BCUT2D eigenvalue weighted by Crippen LogP contribution is -2.47. The molecule has 162 valence electrons. The number of piperazine rings is 1. The van der Waals surface area contributed by atoms with Crippen LogP contribution < -0.4 is 10.1 Å². The summed E-state index contributed by atoms with van der Waals surface area (Å²) in [6.45, 7) is 3.39. The lowest BCUT2D eigenvalue weighted by atomic mass is 10.00. The third-order valence-electron chi connectivity index (χ3n) is 6.75. The number of pyridine rings is 1. The first-order valence-corrected chi connectivity index (χ1v) is 11.0. The molecule has 1 aromatic heterocycles. The standard InChI is InChI=1S/C24H28N4O3/c1-31-21-7-5-17(13-27-10-9-25-22(29)15-27)12-20(21)23-19(3-2-8-26-23)24(30)28-14-16-4-6-18(28)11-16/h2-3,5,7-8,12,16,18H,4,6,9-11,13-15H2,1H3,(H,25,29)/t16-,18+/m0/s1. The van der Waals surface area contributed by atoms with Gasteiger partial charge in [0.05, 0.1) is 24.9 Å². The third kappa shape index (κ3) is 3.90. The molecule has 2 aromatic rings. The maximum Gasteiger partial charge on any atom is 0.256 e. The van der Waals surface area contributed by atoms with Gasteiger partial charge in [0.15, 0.2) is 0 Å². The zero-order chi connectivity index (χ0) is 21.4. The quantitative estimate of drug-likeness (QED) is 0.804. The maximum absolute atomic E-state index is 13.5. The van der Waals surface area contributed by atoms with Crippen LogP contribution in [0.15, 0.2) is 36.5 Å². The highest BCUT2D eigenvalue weighted by Gasteiger charge is 2.41. The molecule has 2 bridgehead atoms. The van der Waals surface area contributed by atoms with E-state index in [-0.39, 0.29) is 11.8 Å². The number of nitrogens with one attached hydrogen (secondary N) is 1. The molecule has 1 aliphatic carbocycles. The summed E-state index contributed by atoms with van der Waals surface area (Å²) in [4.78, 5) is 34.0. The fraction of sp³-hybridized carbons (Fsp3) is 0.458. The predicted molar refractivity (Wildman–Crippen MR) is 117 cm³/mol. The van der Waals surface area contributed by atoms with E-state index < -0.39 is 0 Å². The van der Waals surface area contributed by atoms with E-state index in [0.717, 1.165) is 37.1 Å². The first-order chi connectivity index (χ1) is 15.1. The van der Waals surface area contributed by atoms with Crippen LogP contribution in [-0.2, 0) is 11.3 Å². The summed E-state index contributed by atoms with van der Waals surface area (Å²) in [5, 5.41) is 2.86. The topological polar surface area (TPSA) is 74.8 Å². The maximum atomic E-state index is 13.5. The molecule has 1 aromatic carbocycles. The molecule has 3 aliphatic rings. The number of carbonyl (C=O) groups is 2. The number of fused-ring (bicyclic) bond motifs is 2. The SMILES string of the molecule is COc1ccc(CN2CCNC(=O)C2)cc1-c1ncccc1C(=O)N1C[C@H]2CC[C@@H]1C2. The minimum atomic E-state index is 0.0532. The normalized spacial score (nSPS) is 23.1. The molecule has 0 radical (unpaired) electrons. The van der Waals surface area contributed by atoms with Crippen LogP contribution in [0, 0.1) is 5.92 Å². The number of benzene rings is 1. The van der Waals surface area contributed by atoms with Crippen LogP contribution in [0.2, 0.25) is 0 Å². The van der Waals surface area contributed by atoms with Gasteiger partial charge in [-0.2, -0.15) is 0 Å². The van der Waals surface area contributed by atoms with Gasteiger partial charge >= 0.3 is 0 Å². The van der Waals surface area contributed by atoms with E-state index >= 15 is 0 Å². The largest absolute Gasteiger partial charge is 0.496 e. The number of piperidine rings is 1. The minimum Gasteiger partial charge on any atom is -0.496 e. The van der Waals surface area contributed by atoms with Crippen molar-refractivity contribution in [3.05, 3.63) is 47.7 Å². The lowest BCUT2D eigenvalue weighted by Gasteiger charge is -2.28. The van der Waals surface area contributed by atoms with Gasteiger partial charge in [-0.05, 0) is 55.0 Å². The summed E-state index contributed by atoms with van der Waals surface area (Å²) in [6.07, 6.45) is 5.19. The van der Waals surface area contributed by atoms with Crippen molar-refractivity contribution in [3.63, 3.8) is 0 Å². The molecule has 1 N–H and O–H groups in total. The number of hydrogen-bond donors (Lipinski definition) is 1. The van der Waals surface area contributed by atoms with Gasteiger partial charge in [-0.3, -0.25) is 19.5 Å². The van der Waals surface area contributed by atoms with Crippen LogP contribution in [0.5, 0.6) is 5.75 Å². The highest BCUT2D eigenvalue weighted by atomic mass is 16.5. The monoisotopic (exact) mass is 420 g/mol. The van der Waals surface area contributed by atoms with Gasteiger partial charge in [0.1, 0.15) is 5.75 Å². The molecule has 1 saturated carbocycles. The van der Waals surface area contributed by atoms with Crippen LogP contribution in [0.25, 0.3) is 11.3 Å². The number of nitrogens with zero attached hydrogens (tertiary/aromatic N) is 3. The van der Waals surface area contributed by atoms with Gasteiger partial charge in [0.2, 0.25) is 5.91 Å². The number of methoxy groups -OCH3 is 1. The molecule has 3 fully saturated rings. The van der Waals surface area contributed by atoms with Crippen molar-refractivity contribution in [1.82, 2.24) is 20.1 Å². The molecule has 2 amide bonds. The minimum absolute atomic E-state index is 0.0532. The van der Waals surface area contributed by atoms with Crippen LogP contribution in [-0.4, -0.2) is 65.9 Å². The number of rotatable bonds is 5. The predicted octanol–water partition coefficient (Wildman–Crippen LogP) is 2.31. The first kappa shape index (κ1) is 20.0. The summed E-state index contributed by atoms with van der Waals surface area (Å²) in [7, 11) is 1.64. The average molecular weight is 421 g/mol. The highest BCUT2D eigenvalue weighted by molar-refractivity contribution is 6.01. The summed E-state index contributed by atoms with van der Waals surface area (Å²) in [6, 6.07) is 10.0. The average Bonchev–Trinajstić information content (AvgIpc) is 3.42. The molecule has 2 saturated heterocycles. The van der Waals surface area contributed by atoms with Crippen LogP contribution in [0.3, 0.4) is 0 Å². The fourth-order valence-corrected chi connectivity index (χ4v) is 5.24. The van der Waals surface area contributed by atoms with Crippen LogP contribution in [0.1, 0.15) is 35.2 Å². The highest BCUT2D eigenvalue weighted by Crippen LogP contribution is 2.39. The van der Waals surface area contributed by atoms with Gasteiger partial charge in [-0.15, -0.1) is 0 Å². The zero-order valence-electron chi connectivity index (χ0n) is 17.8. The molecular formula is C24H28N4O3.